The third-order valence-electron chi connectivity index (χ3n) is 3.30. The lowest BCUT2D eigenvalue weighted by Gasteiger charge is -2.20. The quantitative estimate of drug-likeness (QED) is 0.752. The topological polar surface area (TPSA) is 66.8 Å². The Bertz CT molecular complexity index is 298. The fourth-order valence-corrected chi connectivity index (χ4v) is 2.21. The lowest BCUT2D eigenvalue weighted by atomic mass is 10.2. The van der Waals surface area contributed by atoms with Crippen molar-refractivity contribution < 1.29 is 19.4 Å². The molecule has 5 nitrogen and oxygen atoms in total. The van der Waals surface area contributed by atoms with Crippen molar-refractivity contribution in [2.45, 2.75) is 25.4 Å². The fraction of sp³-hybridized carbons (Fsp3) is 0.818. The highest BCUT2D eigenvalue weighted by atomic mass is 16.5. The molecule has 0 radical (unpaired) electrons. The molecular formula is C11H17NO4. The number of ether oxygens (including phenoxy) is 1. The minimum absolute atomic E-state index is 0.0529. The van der Waals surface area contributed by atoms with E-state index in [0.29, 0.717) is 13.0 Å². The number of likely N-dealkylation sites (N-methyl/N-ethyl adjacent to an activating group) is 1. The van der Waals surface area contributed by atoms with Gasteiger partial charge in [-0.15, -0.1) is 0 Å². The second kappa shape index (κ2) is 4.41. The number of carboxylic acids is 1. The number of aliphatic carboxylic acids is 1. The van der Waals surface area contributed by atoms with E-state index in [9.17, 15) is 9.59 Å². The lowest BCUT2D eigenvalue weighted by Crippen LogP contribution is -2.35. The van der Waals surface area contributed by atoms with Crippen LogP contribution in [-0.4, -0.2) is 48.2 Å². The van der Waals surface area contributed by atoms with Crippen LogP contribution in [0.4, 0.5) is 0 Å². The van der Waals surface area contributed by atoms with Gasteiger partial charge >= 0.3 is 5.97 Å². The SMILES string of the molecule is CN(C[C@@H]1CCCO1)C(=O)C1CC1C(=O)O. The van der Waals surface area contributed by atoms with E-state index in [4.69, 9.17) is 9.84 Å². The monoisotopic (exact) mass is 227 g/mol. The van der Waals surface area contributed by atoms with Crippen LogP contribution >= 0.6 is 0 Å². The van der Waals surface area contributed by atoms with E-state index in [1.54, 1.807) is 11.9 Å². The first-order valence-corrected chi connectivity index (χ1v) is 5.69. The van der Waals surface area contributed by atoms with Gasteiger partial charge in [-0.05, 0) is 19.3 Å². The van der Waals surface area contributed by atoms with E-state index in [1.165, 1.54) is 0 Å². The lowest BCUT2D eigenvalue weighted by molar-refractivity contribution is -0.141. The van der Waals surface area contributed by atoms with E-state index in [2.05, 4.69) is 0 Å². The molecule has 0 aromatic carbocycles. The highest BCUT2D eigenvalue weighted by Gasteiger charge is 2.49. The molecule has 90 valence electrons. The van der Waals surface area contributed by atoms with Gasteiger partial charge in [-0.25, -0.2) is 0 Å². The molecule has 0 bridgehead atoms. The summed E-state index contributed by atoms with van der Waals surface area (Å²) in [5.41, 5.74) is 0. The average Bonchev–Trinajstić information content (AvgIpc) is 2.89. The zero-order chi connectivity index (χ0) is 11.7. The van der Waals surface area contributed by atoms with Crippen LogP contribution in [0.2, 0.25) is 0 Å². The summed E-state index contributed by atoms with van der Waals surface area (Å²) in [6, 6.07) is 0. The van der Waals surface area contributed by atoms with Crippen molar-refractivity contribution in [2.75, 3.05) is 20.2 Å². The Morgan fingerprint density at radius 1 is 1.44 bits per heavy atom. The second-order valence-corrected chi connectivity index (χ2v) is 4.64. The molecule has 2 rings (SSSR count). The Kier molecular flexibility index (Phi) is 3.14. The second-order valence-electron chi connectivity index (χ2n) is 4.64. The van der Waals surface area contributed by atoms with Crippen molar-refractivity contribution in [1.82, 2.24) is 4.90 Å². The highest BCUT2D eigenvalue weighted by molar-refractivity contribution is 5.89. The number of carbonyl (C=O) groups excluding carboxylic acids is 1. The molecule has 0 spiro atoms. The molecule has 1 saturated carbocycles. The van der Waals surface area contributed by atoms with Gasteiger partial charge in [0.25, 0.3) is 0 Å². The molecule has 2 aliphatic rings. The van der Waals surface area contributed by atoms with Gasteiger partial charge in [0, 0.05) is 20.2 Å². The summed E-state index contributed by atoms with van der Waals surface area (Å²) < 4.78 is 5.44. The normalized spacial score (nSPS) is 32.4. The van der Waals surface area contributed by atoms with E-state index >= 15 is 0 Å². The summed E-state index contributed by atoms with van der Waals surface area (Å²) in [7, 11) is 1.72. The summed E-state index contributed by atoms with van der Waals surface area (Å²) in [6.07, 6.45) is 2.67. The molecule has 16 heavy (non-hydrogen) atoms. The van der Waals surface area contributed by atoms with Crippen LogP contribution in [0.15, 0.2) is 0 Å². The number of carboxylic acid groups (broad SMARTS) is 1. The Balaban J connectivity index is 1.79. The summed E-state index contributed by atoms with van der Waals surface area (Å²) in [4.78, 5) is 24.1. The number of nitrogens with zero attached hydrogens (tertiary/aromatic N) is 1. The van der Waals surface area contributed by atoms with Crippen molar-refractivity contribution in [3.05, 3.63) is 0 Å². The van der Waals surface area contributed by atoms with Crippen LogP contribution in [0.5, 0.6) is 0 Å². The third-order valence-corrected chi connectivity index (χ3v) is 3.30. The molecule has 5 heteroatoms. The molecule has 1 heterocycles. The van der Waals surface area contributed by atoms with Crippen LogP contribution in [0.25, 0.3) is 0 Å². The zero-order valence-electron chi connectivity index (χ0n) is 9.39. The van der Waals surface area contributed by atoms with Crippen LogP contribution in [0, 0.1) is 11.8 Å². The fourth-order valence-electron chi connectivity index (χ4n) is 2.21. The molecule has 2 fully saturated rings. The first-order chi connectivity index (χ1) is 7.59. The van der Waals surface area contributed by atoms with Gasteiger partial charge in [-0.3, -0.25) is 9.59 Å². The van der Waals surface area contributed by atoms with E-state index < -0.39 is 11.9 Å². The minimum atomic E-state index is -0.858. The number of hydrogen-bond donors (Lipinski definition) is 1. The number of rotatable bonds is 4. The smallest absolute Gasteiger partial charge is 0.307 e. The number of amides is 1. The predicted octanol–water partition coefficient (Wildman–Crippen LogP) is 0.344. The maximum absolute atomic E-state index is 11.8. The van der Waals surface area contributed by atoms with Gasteiger partial charge in [-0.1, -0.05) is 0 Å². The molecule has 0 aromatic rings. The predicted molar refractivity (Wildman–Crippen MR) is 55.8 cm³/mol. The van der Waals surface area contributed by atoms with E-state index in [0.717, 1.165) is 19.4 Å². The maximum atomic E-state index is 11.8. The zero-order valence-corrected chi connectivity index (χ0v) is 9.39. The van der Waals surface area contributed by atoms with Gasteiger partial charge in [-0.2, -0.15) is 0 Å². The summed E-state index contributed by atoms with van der Waals surface area (Å²) in [5, 5.41) is 8.74. The Hall–Kier alpha value is -1.10. The van der Waals surface area contributed by atoms with Crippen molar-refractivity contribution in [2.24, 2.45) is 11.8 Å². The maximum Gasteiger partial charge on any atom is 0.307 e. The molecule has 1 N–H and O–H groups in total. The molecule has 3 atom stereocenters. The van der Waals surface area contributed by atoms with Crippen LogP contribution in [0.1, 0.15) is 19.3 Å². The first-order valence-electron chi connectivity index (χ1n) is 5.69. The van der Waals surface area contributed by atoms with Crippen LogP contribution in [0.3, 0.4) is 0 Å². The summed E-state index contributed by atoms with van der Waals surface area (Å²) >= 11 is 0. The standard InChI is InChI=1S/C11H17NO4/c1-12(6-7-3-2-4-16-7)10(13)8-5-9(8)11(14)15/h7-9H,2-6H2,1H3,(H,14,15)/t7-,8?,9?/m0/s1. The van der Waals surface area contributed by atoms with Gasteiger partial charge in [0.1, 0.15) is 0 Å². The minimum Gasteiger partial charge on any atom is -0.481 e. The molecule has 1 aliphatic heterocycles. The van der Waals surface area contributed by atoms with Crippen molar-refractivity contribution in [3.63, 3.8) is 0 Å². The van der Waals surface area contributed by atoms with Gasteiger partial charge < -0.3 is 14.7 Å². The Morgan fingerprint density at radius 3 is 2.69 bits per heavy atom. The molecule has 2 unspecified atom stereocenters. The van der Waals surface area contributed by atoms with Crippen molar-refractivity contribution >= 4 is 11.9 Å². The average molecular weight is 227 g/mol. The largest absolute Gasteiger partial charge is 0.481 e. The number of hydrogen-bond acceptors (Lipinski definition) is 3. The van der Waals surface area contributed by atoms with Gasteiger partial charge in [0.15, 0.2) is 0 Å². The molecule has 1 aliphatic carbocycles. The first kappa shape index (κ1) is 11.4. The van der Waals surface area contributed by atoms with E-state index in [-0.39, 0.29) is 17.9 Å². The molecular weight excluding hydrogens is 210 g/mol. The van der Waals surface area contributed by atoms with E-state index in [1.807, 2.05) is 0 Å². The van der Waals surface area contributed by atoms with Crippen molar-refractivity contribution in [1.29, 1.82) is 0 Å². The molecule has 0 aromatic heterocycles. The molecule has 1 amide bonds. The van der Waals surface area contributed by atoms with Gasteiger partial charge in [0.2, 0.25) is 5.91 Å². The third kappa shape index (κ3) is 2.35. The summed E-state index contributed by atoms with van der Waals surface area (Å²) in [6.45, 7) is 1.36. The van der Waals surface area contributed by atoms with Crippen LogP contribution < -0.4 is 0 Å². The summed E-state index contributed by atoms with van der Waals surface area (Å²) in [5.74, 6) is -1.67. The highest BCUT2D eigenvalue weighted by Crippen LogP contribution is 2.39. The van der Waals surface area contributed by atoms with Crippen LogP contribution in [-0.2, 0) is 14.3 Å². The Morgan fingerprint density at radius 2 is 2.19 bits per heavy atom. The Labute approximate surface area is 94.4 Å². The van der Waals surface area contributed by atoms with Gasteiger partial charge in [0.05, 0.1) is 17.9 Å². The number of carbonyl (C=O) groups is 2. The van der Waals surface area contributed by atoms with Crippen molar-refractivity contribution in [3.8, 4) is 0 Å². The molecule has 1 saturated heterocycles.